The minimum atomic E-state index is 0.0384. The summed E-state index contributed by atoms with van der Waals surface area (Å²) in [7, 11) is 0. The number of carbonyl (C=O) groups excluding carboxylic acids is 1. The lowest BCUT2D eigenvalue weighted by atomic mass is 10.1. The van der Waals surface area contributed by atoms with E-state index in [-0.39, 0.29) is 11.9 Å². The number of benzene rings is 1. The molecule has 0 amide bonds. The number of ketones is 1. The van der Waals surface area contributed by atoms with Crippen LogP contribution >= 0.6 is 0 Å². The first kappa shape index (κ1) is 16.4. The summed E-state index contributed by atoms with van der Waals surface area (Å²) in [6.07, 6.45) is 2.46. The molecule has 2 heterocycles. The molecule has 1 aliphatic rings. The number of aromatic nitrogens is 2. The smallest absolute Gasteiger partial charge is 0.159 e. The van der Waals surface area contributed by atoms with Crippen molar-refractivity contribution in [3.8, 4) is 0 Å². The summed E-state index contributed by atoms with van der Waals surface area (Å²) in [5, 5.41) is 6.55. The molecule has 1 unspecified atom stereocenters. The third kappa shape index (κ3) is 4.29. The summed E-state index contributed by atoms with van der Waals surface area (Å²) in [5.41, 5.74) is 1.49. The summed E-state index contributed by atoms with van der Waals surface area (Å²) in [6, 6.07) is 9.24. The van der Waals surface area contributed by atoms with Gasteiger partial charge < -0.3 is 15.4 Å². The average Bonchev–Trinajstić information content (AvgIpc) is 3.06. The predicted octanol–water partition coefficient (Wildman–Crippen LogP) is 3.32. The number of anilines is 3. The molecule has 1 saturated heterocycles. The Morgan fingerprint density at radius 1 is 1.29 bits per heavy atom. The second-order valence-corrected chi connectivity index (χ2v) is 5.96. The third-order valence-corrected chi connectivity index (χ3v) is 3.91. The molecule has 6 nitrogen and oxygen atoms in total. The van der Waals surface area contributed by atoms with E-state index in [1.165, 1.54) is 0 Å². The molecule has 2 N–H and O–H groups in total. The first-order valence-corrected chi connectivity index (χ1v) is 8.19. The van der Waals surface area contributed by atoms with Crippen LogP contribution < -0.4 is 10.6 Å². The van der Waals surface area contributed by atoms with Crippen molar-refractivity contribution in [3.05, 3.63) is 41.7 Å². The van der Waals surface area contributed by atoms with E-state index in [1.54, 1.807) is 13.0 Å². The zero-order valence-corrected chi connectivity index (χ0v) is 14.0. The van der Waals surface area contributed by atoms with E-state index in [4.69, 9.17) is 4.74 Å². The van der Waals surface area contributed by atoms with E-state index in [9.17, 15) is 4.79 Å². The van der Waals surface area contributed by atoms with Crippen LogP contribution in [0, 0.1) is 6.92 Å². The molecule has 1 aromatic heterocycles. The lowest BCUT2D eigenvalue weighted by molar-refractivity contribution is 0.101. The maximum absolute atomic E-state index is 11.5. The van der Waals surface area contributed by atoms with Crippen LogP contribution in [-0.4, -0.2) is 35.0 Å². The van der Waals surface area contributed by atoms with Gasteiger partial charge in [-0.25, -0.2) is 9.97 Å². The number of nitrogens with zero attached hydrogens (tertiary/aromatic N) is 2. The van der Waals surface area contributed by atoms with Gasteiger partial charge >= 0.3 is 0 Å². The van der Waals surface area contributed by atoms with E-state index in [0.29, 0.717) is 17.2 Å². The van der Waals surface area contributed by atoms with E-state index in [1.807, 2.05) is 31.2 Å². The molecule has 0 aliphatic carbocycles. The zero-order valence-electron chi connectivity index (χ0n) is 14.0. The number of aryl methyl sites for hydroxylation is 1. The second kappa shape index (κ2) is 7.40. The Balaban J connectivity index is 1.71. The Kier molecular flexibility index (Phi) is 5.05. The van der Waals surface area contributed by atoms with Crippen LogP contribution in [0.15, 0.2) is 30.3 Å². The Morgan fingerprint density at radius 2 is 2.12 bits per heavy atom. The zero-order chi connectivity index (χ0) is 16.9. The maximum Gasteiger partial charge on any atom is 0.159 e. The normalized spacial score (nSPS) is 16.8. The minimum absolute atomic E-state index is 0.0384. The monoisotopic (exact) mass is 326 g/mol. The number of rotatable bonds is 6. The molecule has 0 spiro atoms. The summed E-state index contributed by atoms with van der Waals surface area (Å²) in [6.45, 7) is 5.00. The molecule has 24 heavy (non-hydrogen) atoms. The third-order valence-electron chi connectivity index (χ3n) is 3.91. The number of nitrogens with one attached hydrogen (secondary N) is 2. The van der Waals surface area contributed by atoms with Gasteiger partial charge in [0.05, 0.1) is 6.10 Å². The summed E-state index contributed by atoms with van der Waals surface area (Å²) >= 11 is 0. The Hall–Kier alpha value is -2.47. The van der Waals surface area contributed by atoms with Crippen LogP contribution in [0.2, 0.25) is 0 Å². The highest BCUT2D eigenvalue weighted by atomic mass is 16.5. The molecule has 0 radical (unpaired) electrons. The van der Waals surface area contributed by atoms with Gasteiger partial charge in [-0.05, 0) is 38.8 Å². The van der Waals surface area contributed by atoms with Crippen molar-refractivity contribution in [3.63, 3.8) is 0 Å². The molecular weight excluding hydrogens is 304 g/mol. The highest BCUT2D eigenvalue weighted by molar-refractivity contribution is 5.95. The summed E-state index contributed by atoms with van der Waals surface area (Å²) < 4.78 is 5.61. The highest BCUT2D eigenvalue weighted by Crippen LogP contribution is 2.19. The van der Waals surface area contributed by atoms with Gasteiger partial charge in [-0.2, -0.15) is 0 Å². The minimum Gasteiger partial charge on any atom is -0.376 e. The molecule has 2 aromatic rings. The summed E-state index contributed by atoms with van der Waals surface area (Å²) in [5.74, 6) is 2.18. The van der Waals surface area contributed by atoms with Crippen LogP contribution in [0.25, 0.3) is 0 Å². The Morgan fingerprint density at radius 3 is 2.88 bits per heavy atom. The molecular formula is C18H22N4O2. The van der Waals surface area contributed by atoms with Crippen LogP contribution in [0.4, 0.5) is 17.3 Å². The first-order valence-electron chi connectivity index (χ1n) is 8.19. The lowest BCUT2D eigenvalue weighted by Gasteiger charge is -2.13. The van der Waals surface area contributed by atoms with Gasteiger partial charge in [0.15, 0.2) is 5.78 Å². The molecule has 0 saturated carbocycles. The number of Topliss-reactive ketones (excluding diaryl/α,β-unsaturated/α-hetero) is 1. The quantitative estimate of drug-likeness (QED) is 0.793. The van der Waals surface area contributed by atoms with E-state index in [2.05, 4.69) is 20.6 Å². The highest BCUT2D eigenvalue weighted by Gasteiger charge is 2.15. The van der Waals surface area contributed by atoms with Gasteiger partial charge in [0.25, 0.3) is 0 Å². The van der Waals surface area contributed by atoms with Crippen molar-refractivity contribution in [1.82, 2.24) is 9.97 Å². The SMILES string of the molecule is CC(=O)c1cccc(Nc2cc(NCC3CCCO3)nc(C)n2)c1. The van der Waals surface area contributed by atoms with Crippen molar-refractivity contribution in [1.29, 1.82) is 0 Å². The fourth-order valence-electron chi connectivity index (χ4n) is 2.71. The molecule has 6 heteroatoms. The molecule has 1 aromatic carbocycles. The molecule has 126 valence electrons. The van der Waals surface area contributed by atoms with Crippen LogP contribution in [0.3, 0.4) is 0 Å². The fourth-order valence-corrected chi connectivity index (χ4v) is 2.71. The first-order chi connectivity index (χ1) is 11.6. The average molecular weight is 326 g/mol. The molecule has 0 bridgehead atoms. The maximum atomic E-state index is 11.5. The van der Waals surface area contributed by atoms with Crippen molar-refractivity contribution in [2.75, 3.05) is 23.8 Å². The van der Waals surface area contributed by atoms with Crippen molar-refractivity contribution in [2.45, 2.75) is 32.8 Å². The fraction of sp³-hybridized carbons (Fsp3) is 0.389. The lowest BCUT2D eigenvalue weighted by Crippen LogP contribution is -2.19. The Bertz CT molecular complexity index is 727. The van der Waals surface area contributed by atoms with Gasteiger partial charge in [-0.3, -0.25) is 4.79 Å². The van der Waals surface area contributed by atoms with E-state index >= 15 is 0 Å². The van der Waals surface area contributed by atoms with Gasteiger partial charge in [0.2, 0.25) is 0 Å². The van der Waals surface area contributed by atoms with Gasteiger partial charge in [0.1, 0.15) is 17.5 Å². The van der Waals surface area contributed by atoms with Crippen molar-refractivity contribution >= 4 is 23.1 Å². The number of hydrogen-bond donors (Lipinski definition) is 2. The summed E-state index contributed by atoms with van der Waals surface area (Å²) in [4.78, 5) is 20.3. The number of carbonyl (C=O) groups is 1. The van der Waals surface area contributed by atoms with Gasteiger partial charge in [-0.15, -0.1) is 0 Å². The van der Waals surface area contributed by atoms with Crippen LogP contribution in [-0.2, 0) is 4.74 Å². The van der Waals surface area contributed by atoms with Gasteiger partial charge in [0, 0.05) is 30.5 Å². The van der Waals surface area contributed by atoms with Crippen LogP contribution in [0.1, 0.15) is 35.9 Å². The second-order valence-electron chi connectivity index (χ2n) is 5.96. The number of ether oxygens (including phenoxy) is 1. The molecule has 1 atom stereocenters. The van der Waals surface area contributed by atoms with E-state index < -0.39 is 0 Å². The molecule has 1 aliphatic heterocycles. The Labute approximate surface area is 141 Å². The molecule has 3 rings (SSSR count). The van der Waals surface area contributed by atoms with E-state index in [0.717, 1.165) is 37.5 Å². The molecule has 1 fully saturated rings. The van der Waals surface area contributed by atoms with Crippen molar-refractivity contribution in [2.24, 2.45) is 0 Å². The predicted molar refractivity (Wildman–Crippen MR) is 94.0 cm³/mol. The standard InChI is InChI=1S/C18H22N4O2/c1-12(23)14-5-3-6-15(9-14)22-18-10-17(20-13(2)21-18)19-11-16-7-4-8-24-16/h3,5-6,9-10,16H,4,7-8,11H2,1-2H3,(H2,19,20,21,22). The topological polar surface area (TPSA) is 76.1 Å². The van der Waals surface area contributed by atoms with Crippen LogP contribution in [0.5, 0.6) is 0 Å². The van der Waals surface area contributed by atoms with Gasteiger partial charge in [-0.1, -0.05) is 12.1 Å². The number of hydrogen-bond acceptors (Lipinski definition) is 6. The largest absolute Gasteiger partial charge is 0.376 e. The van der Waals surface area contributed by atoms with Crippen molar-refractivity contribution < 1.29 is 9.53 Å².